The van der Waals surface area contributed by atoms with Crippen molar-refractivity contribution < 1.29 is 9.72 Å². The van der Waals surface area contributed by atoms with Gasteiger partial charge in [0.1, 0.15) is 12.4 Å². The number of aromatic nitrogens is 5. The van der Waals surface area contributed by atoms with Crippen LogP contribution in [0.1, 0.15) is 11.1 Å². The third-order valence-electron chi connectivity index (χ3n) is 3.39. The monoisotopic (exact) mass is 341 g/mol. The average Bonchev–Trinajstić information content (AvgIpc) is 3.17. The van der Waals surface area contributed by atoms with Gasteiger partial charge in [-0.15, -0.1) is 0 Å². The first-order valence-corrected chi connectivity index (χ1v) is 7.42. The normalized spacial score (nSPS) is 10.6. The number of rotatable bonds is 6. The molecule has 0 radical (unpaired) electrons. The number of nitrogens with one attached hydrogen (secondary N) is 1. The first-order chi connectivity index (χ1) is 12.0. The molecule has 0 aliphatic carbocycles. The SMILES string of the molecule is Cc1cccc(Cn2nccc2NC(=O)Cn2cnc([N+](=O)[O-])n2)c1. The van der Waals surface area contributed by atoms with E-state index in [1.807, 2.05) is 31.2 Å². The highest BCUT2D eigenvalue weighted by atomic mass is 16.6. The van der Waals surface area contributed by atoms with E-state index < -0.39 is 10.9 Å². The van der Waals surface area contributed by atoms with Crippen molar-refractivity contribution in [2.24, 2.45) is 0 Å². The summed E-state index contributed by atoms with van der Waals surface area (Å²) in [6.07, 6.45) is 2.73. The summed E-state index contributed by atoms with van der Waals surface area (Å²) in [4.78, 5) is 25.4. The van der Waals surface area contributed by atoms with Gasteiger partial charge in [0, 0.05) is 11.2 Å². The lowest BCUT2D eigenvalue weighted by Crippen LogP contribution is -2.21. The third kappa shape index (κ3) is 4.05. The summed E-state index contributed by atoms with van der Waals surface area (Å²) < 4.78 is 2.77. The van der Waals surface area contributed by atoms with Gasteiger partial charge in [-0.05, 0) is 17.4 Å². The number of nitrogens with zero attached hydrogens (tertiary/aromatic N) is 6. The Morgan fingerprint density at radius 2 is 2.20 bits per heavy atom. The van der Waals surface area contributed by atoms with Gasteiger partial charge < -0.3 is 15.4 Å². The highest BCUT2D eigenvalue weighted by Crippen LogP contribution is 2.12. The van der Waals surface area contributed by atoms with Crippen LogP contribution in [0.15, 0.2) is 42.9 Å². The zero-order valence-electron chi connectivity index (χ0n) is 13.4. The molecule has 1 aromatic carbocycles. The van der Waals surface area contributed by atoms with Gasteiger partial charge in [-0.3, -0.25) is 4.79 Å². The van der Waals surface area contributed by atoms with Gasteiger partial charge in [-0.25, -0.2) is 4.68 Å². The minimum Gasteiger partial charge on any atom is -0.390 e. The number of benzene rings is 1. The zero-order valence-corrected chi connectivity index (χ0v) is 13.4. The van der Waals surface area contributed by atoms with Gasteiger partial charge in [0.2, 0.25) is 12.2 Å². The van der Waals surface area contributed by atoms with Gasteiger partial charge in [-0.1, -0.05) is 34.8 Å². The molecule has 0 unspecified atom stereocenters. The molecule has 2 heterocycles. The lowest BCUT2D eigenvalue weighted by Gasteiger charge is -2.09. The summed E-state index contributed by atoms with van der Waals surface area (Å²) in [5.41, 5.74) is 2.20. The predicted molar refractivity (Wildman–Crippen MR) is 87.8 cm³/mol. The molecular weight excluding hydrogens is 326 g/mol. The topological polar surface area (TPSA) is 121 Å². The second kappa shape index (κ2) is 6.91. The molecule has 25 heavy (non-hydrogen) atoms. The lowest BCUT2D eigenvalue weighted by atomic mass is 10.1. The molecule has 0 fully saturated rings. The van der Waals surface area contributed by atoms with E-state index in [4.69, 9.17) is 0 Å². The highest BCUT2D eigenvalue weighted by Gasteiger charge is 2.16. The molecule has 0 spiro atoms. The van der Waals surface area contributed by atoms with Crippen LogP contribution < -0.4 is 5.32 Å². The molecule has 0 saturated heterocycles. The van der Waals surface area contributed by atoms with E-state index in [1.54, 1.807) is 16.9 Å². The standard InChI is InChI=1S/C15H15N7O3/c1-11-3-2-4-12(7-11)8-21-13(5-6-17-21)18-14(23)9-20-10-16-15(19-20)22(24)25/h2-7,10H,8-9H2,1H3,(H,18,23). The van der Waals surface area contributed by atoms with Gasteiger partial charge in [0.05, 0.1) is 12.7 Å². The van der Waals surface area contributed by atoms with Crippen molar-refractivity contribution in [2.75, 3.05) is 5.32 Å². The molecule has 0 bridgehead atoms. The van der Waals surface area contributed by atoms with Crippen molar-refractivity contribution in [3.8, 4) is 0 Å². The smallest absolute Gasteiger partial charge is 0.390 e. The van der Waals surface area contributed by atoms with E-state index in [0.29, 0.717) is 12.4 Å². The second-order valence-electron chi connectivity index (χ2n) is 5.41. The van der Waals surface area contributed by atoms with Crippen LogP contribution in [0.2, 0.25) is 0 Å². The summed E-state index contributed by atoms with van der Waals surface area (Å²) in [6.45, 7) is 2.34. The average molecular weight is 341 g/mol. The van der Waals surface area contributed by atoms with Crippen molar-refractivity contribution >= 4 is 17.7 Å². The maximum atomic E-state index is 12.1. The molecule has 3 aromatic rings. The Labute approximate surface area is 142 Å². The van der Waals surface area contributed by atoms with E-state index in [0.717, 1.165) is 22.1 Å². The Morgan fingerprint density at radius 3 is 2.92 bits per heavy atom. The molecule has 2 aromatic heterocycles. The fourth-order valence-electron chi connectivity index (χ4n) is 2.32. The van der Waals surface area contributed by atoms with Crippen LogP contribution in [0.4, 0.5) is 11.8 Å². The predicted octanol–water partition coefficient (Wildman–Crippen LogP) is 1.38. The number of carbonyl (C=O) groups is 1. The number of aryl methyl sites for hydroxylation is 1. The summed E-state index contributed by atoms with van der Waals surface area (Å²) in [7, 11) is 0. The van der Waals surface area contributed by atoms with Gasteiger partial charge in [-0.2, -0.15) is 9.78 Å². The molecular formula is C15H15N7O3. The van der Waals surface area contributed by atoms with Crippen LogP contribution in [0.5, 0.6) is 0 Å². The van der Waals surface area contributed by atoms with Crippen LogP contribution in [-0.4, -0.2) is 35.4 Å². The van der Waals surface area contributed by atoms with Crippen LogP contribution in [0.25, 0.3) is 0 Å². The van der Waals surface area contributed by atoms with Crippen molar-refractivity contribution in [1.82, 2.24) is 24.5 Å². The number of carbonyl (C=O) groups excluding carboxylic acids is 1. The molecule has 1 N–H and O–H groups in total. The Bertz CT molecular complexity index is 915. The van der Waals surface area contributed by atoms with E-state index in [-0.39, 0.29) is 12.5 Å². The fraction of sp³-hybridized carbons (Fsp3) is 0.200. The van der Waals surface area contributed by atoms with Gasteiger partial charge in [0.25, 0.3) is 0 Å². The molecule has 0 aliphatic heterocycles. The Morgan fingerprint density at radius 1 is 1.36 bits per heavy atom. The molecule has 0 atom stereocenters. The largest absolute Gasteiger partial charge is 0.490 e. The number of hydrogen-bond acceptors (Lipinski definition) is 6. The second-order valence-corrected chi connectivity index (χ2v) is 5.41. The third-order valence-corrected chi connectivity index (χ3v) is 3.39. The number of amides is 1. The van der Waals surface area contributed by atoms with Crippen LogP contribution in [0.3, 0.4) is 0 Å². The molecule has 10 heteroatoms. The Balaban J connectivity index is 1.65. The lowest BCUT2D eigenvalue weighted by molar-refractivity contribution is -0.394. The summed E-state index contributed by atoms with van der Waals surface area (Å²) in [5, 5.41) is 21.1. The Kier molecular flexibility index (Phi) is 4.50. The van der Waals surface area contributed by atoms with E-state index in [2.05, 4.69) is 20.5 Å². The van der Waals surface area contributed by atoms with Crippen molar-refractivity contribution in [3.05, 3.63) is 64.1 Å². The van der Waals surface area contributed by atoms with Crippen LogP contribution in [0, 0.1) is 17.0 Å². The molecule has 10 nitrogen and oxygen atoms in total. The molecule has 3 rings (SSSR count). The molecule has 0 aliphatic rings. The maximum Gasteiger partial charge on any atom is 0.490 e. The Hall–Kier alpha value is -3.56. The molecule has 128 valence electrons. The number of nitro groups is 1. The quantitative estimate of drug-likeness (QED) is 0.534. The summed E-state index contributed by atoms with van der Waals surface area (Å²) in [5.74, 6) is -0.399. The van der Waals surface area contributed by atoms with Crippen molar-refractivity contribution in [1.29, 1.82) is 0 Å². The fourth-order valence-corrected chi connectivity index (χ4v) is 2.32. The van der Waals surface area contributed by atoms with Crippen LogP contribution in [-0.2, 0) is 17.9 Å². The first-order valence-electron chi connectivity index (χ1n) is 7.42. The highest BCUT2D eigenvalue weighted by molar-refractivity contribution is 5.89. The zero-order chi connectivity index (χ0) is 17.8. The number of hydrogen-bond donors (Lipinski definition) is 1. The molecule has 1 amide bonds. The number of anilines is 1. The molecule has 0 saturated carbocycles. The minimum atomic E-state index is -0.717. The van der Waals surface area contributed by atoms with Gasteiger partial charge in [0.15, 0.2) is 0 Å². The van der Waals surface area contributed by atoms with E-state index in [9.17, 15) is 14.9 Å². The summed E-state index contributed by atoms with van der Waals surface area (Å²) >= 11 is 0. The summed E-state index contributed by atoms with van der Waals surface area (Å²) in [6, 6.07) is 9.67. The maximum absolute atomic E-state index is 12.1. The van der Waals surface area contributed by atoms with E-state index >= 15 is 0 Å². The van der Waals surface area contributed by atoms with Crippen molar-refractivity contribution in [3.63, 3.8) is 0 Å². The van der Waals surface area contributed by atoms with E-state index in [1.165, 1.54) is 0 Å². The van der Waals surface area contributed by atoms with Crippen LogP contribution >= 0.6 is 0 Å². The minimum absolute atomic E-state index is 0.184. The first kappa shape index (κ1) is 16.3. The van der Waals surface area contributed by atoms with Crippen molar-refractivity contribution in [2.45, 2.75) is 20.0 Å². The van der Waals surface area contributed by atoms with Gasteiger partial charge >= 0.3 is 5.95 Å².